The predicted molar refractivity (Wildman–Crippen MR) is 120 cm³/mol. The number of nitrogens with zero attached hydrogens (tertiary/aromatic N) is 4. The van der Waals surface area contributed by atoms with Crippen molar-refractivity contribution in [3.63, 3.8) is 0 Å². The molecule has 0 unspecified atom stereocenters. The van der Waals surface area contributed by atoms with Crippen LogP contribution in [0.1, 0.15) is 42.3 Å². The fourth-order valence-corrected chi connectivity index (χ4v) is 5.12. The SMILES string of the molecule is C[C@H]1CCc2c(sc3ncn([C@H](C)C(=O)N/N=C/c4ccc(O)c([N+](=O)[O-])c4)c(=O)c23)C1. The van der Waals surface area contributed by atoms with E-state index in [1.807, 2.05) is 0 Å². The Hall–Kier alpha value is -3.60. The van der Waals surface area contributed by atoms with E-state index in [1.165, 1.54) is 34.1 Å². The molecular weight excluding hydrogens is 434 g/mol. The number of rotatable bonds is 5. The van der Waals surface area contributed by atoms with E-state index in [-0.39, 0.29) is 5.56 Å². The Morgan fingerprint density at radius 2 is 2.28 bits per heavy atom. The van der Waals surface area contributed by atoms with Gasteiger partial charge in [0.2, 0.25) is 0 Å². The molecule has 0 fully saturated rings. The van der Waals surface area contributed by atoms with Crippen LogP contribution in [0.5, 0.6) is 5.75 Å². The van der Waals surface area contributed by atoms with E-state index < -0.39 is 28.3 Å². The average molecular weight is 455 g/mol. The minimum atomic E-state index is -0.858. The lowest BCUT2D eigenvalue weighted by Crippen LogP contribution is -2.34. The summed E-state index contributed by atoms with van der Waals surface area (Å²) in [7, 11) is 0. The Balaban J connectivity index is 1.54. The molecule has 4 rings (SSSR count). The number of aromatic hydroxyl groups is 1. The first-order chi connectivity index (χ1) is 15.3. The summed E-state index contributed by atoms with van der Waals surface area (Å²) in [6, 6.07) is 2.87. The summed E-state index contributed by atoms with van der Waals surface area (Å²) < 4.78 is 1.30. The molecule has 1 amide bonds. The maximum Gasteiger partial charge on any atom is 0.311 e. The minimum Gasteiger partial charge on any atom is -0.502 e. The number of fused-ring (bicyclic) bond motifs is 3. The molecule has 1 aromatic carbocycles. The van der Waals surface area contributed by atoms with Crippen molar-refractivity contribution in [3.05, 3.63) is 61.0 Å². The van der Waals surface area contributed by atoms with Gasteiger partial charge in [0.05, 0.1) is 22.9 Å². The molecule has 32 heavy (non-hydrogen) atoms. The fourth-order valence-electron chi connectivity index (χ4n) is 3.78. The number of hydrogen-bond donors (Lipinski definition) is 2. The quantitative estimate of drug-likeness (QED) is 0.344. The summed E-state index contributed by atoms with van der Waals surface area (Å²) in [6.07, 6.45) is 5.40. The molecule has 2 heterocycles. The Morgan fingerprint density at radius 1 is 1.50 bits per heavy atom. The molecule has 0 saturated carbocycles. The number of hydrazone groups is 1. The number of nitro benzene ring substituents is 1. The number of thiophene rings is 1. The smallest absolute Gasteiger partial charge is 0.311 e. The largest absolute Gasteiger partial charge is 0.502 e. The summed E-state index contributed by atoms with van der Waals surface area (Å²) in [6.45, 7) is 3.77. The Bertz CT molecular complexity index is 1310. The lowest BCUT2D eigenvalue weighted by Gasteiger charge is -2.18. The van der Waals surface area contributed by atoms with Crippen molar-refractivity contribution in [2.24, 2.45) is 11.0 Å². The van der Waals surface area contributed by atoms with Crippen LogP contribution in [0, 0.1) is 16.0 Å². The normalized spacial score (nSPS) is 16.8. The van der Waals surface area contributed by atoms with Gasteiger partial charge in [-0.3, -0.25) is 24.3 Å². The Morgan fingerprint density at radius 3 is 3.03 bits per heavy atom. The van der Waals surface area contributed by atoms with Gasteiger partial charge >= 0.3 is 5.69 Å². The molecule has 0 spiro atoms. The topological polar surface area (TPSA) is 140 Å². The second kappa shape index (κ2) is 8.50. The molecule has 1 aliphatic carbocycles. The number of phenolic OH excluding ortho intramolecular Hbond substituents is 1. The second-order valence-electron chi connectivity index (χ2n) is 7.90. The number of aromatic nitrogens is 2. The van der Waals surface area contributed by atoms with Gasteiger partial charge in [0.15, 0.2) is 5.75 Å². The maximum absolute atomic E-state index is 13.1. The van der Waals surface area contributed by atoms with Crippen molar-refractivity contribution >= 4 is 39.4 Å². The van der Waals surface area contributed by atoms with Crippen LogP contribution < -0.4 is 11.0 Å². The molecule has 3 aromatic rings. The second-order valence-corrected chi connectivity index (χ2v) is 8.99. The molecule has 11 heteroatoms. The third kappa shape index (κ3) is 3.98. The highest BCUT2D eigenvalue weighted by Crippen LogP contribution is 2.35. The summed E-state index contributed by atoms with van der Waals surface area (Å²) in [5, 5.41) is 24.8. The first-order valence-corrected chi connectivity index (χ1v) is 10.9. The Kier molecular flexibility index (Phi) is 5.74. The van der Waals surface area contributed by atoms with Crippen LogP contribution in [0.15, 0.2) is 34.4 Å². The van der Waals surface area contributed by atoms with Gasteiger partial charge in [-0.25, -0.2) is 10.4 Å². The van der Waals surface area contributed by atoms with Crippen molar-refractivity contribution in [1.82, 2.24) is 15.0 Å². The first-order valence-electron chi connectivity index (χ1n) is 10.1. The summed E-state index contributed by atoms with van der Waals surface area (Å²) >= 11 is 1.55. The van der Waals surface area contributed by atoms with Crippen LogP contribution in [0.4, 0.5) is 5.69 Å². The monoisotopic (exact) mass is 455 g/mol. The highest BCUT2D eigenvalue weighted by Gasteiger charge is 2.25. The predicted octanol–water partition coefficient (Wildman–Crippen LogP) is 2.91. The number of nitrogens with one attached hydrogen (secondary N) is 1. The third-order valence-electron chi connectivity index (χ3n) is 5.62. The van der Waals surface area contributed by atoms with Crippen LogP contribution in [0.3, 0.4) is 0 Å². The van der Waals surface area contributed by atoms with E-state index in [4.69, 9.17) is 0 Å². The van der Waals surface area contributed by atoms with Gasteiger partial charge in [0.1, 0.15) is 10.9 Å². The molecular formula is C21H21N5O5S. The van der Waals surface area contributed by atoms with Crippen LogP contribution in [-0.2, 0) is 17.6 Å². The molecule has 1 aliphatic rings. The van der Waals surface area contributed by atoms with Gasteiger partial charge in [0, 0.05) is 16.5 Å². The number of carbonyl (C=O) groups is 1. The van der Waals surface area contributed by atoms with Gasteiger partial charge in [-0.05, 0) is 49.8 Å². The number of aryl methyl sites for hydroxylation is 1. The van der Waals surface area contributed by atoms with Crippen LogP contribution in [0.2, 0.25) is 0 Å². The fraction of sp³-hybridized carbons (Fsp3) is 0.333. The molecule has 0 aliphatic heterocycles. The van der Waals surface area contributed by atoms with Gasteiger partial charge in [-0.1, -0.05) is 6.92 Å². The molecule has 0 radical (unpaired) electrons. The average Bonchev–Trinajstić information content (AvgIpc) is 3.12. The van der Waals surface area contributed by atoms with Crippen LogP contribution >= 0.6 is 11.3 Å². The summed E-state index contributed by atoms with van der Waals surface area (Å²) in [5.41, 5.74) is 3.00. The van der Waals surface area contributed by atoms with Crippen molar-refractivity contribution in [2.75, 3.05) is 0 Å². The highest BCUT2D eigenvalue weighted by molar-refractivity contribution is 7.18. The van der Waals surface area contributed by atoms with Crippen molar-refractivity contribution < 1.29 is 14.8 Å². The van der Waals surface area contributed by atoms with E-state index >= 15 is 0 Å². The van der Waals surface area contributed by atoms with Gasteiger partial charge in [-0.15, -0.1) is 11.3 Å². The number of carbonyl (C=O) groups excluding carboxylic acids is 1. The van der Waals surface area contributed by atoms with Crippen molar-refractivity contribution in [1.29, 1.82) is 0 Å². The molecule has 0 saturated heterocycles. The number of benzene rings is 1. The number of phenols is 1. The molecule has 10 nitrogen and oxygen atoms in total. The lowest BCUT2D eigenvalue weighted by molar-refractivity contribution is -0.385. The van der Waals surface area contributed by atoms with Crippen LogP contribution in [0.25, 0.3) is 10.2 Å². The Labute approximate surface area is 186 Å². The molecule has 2 aromatic heterocycles. The van der Waals surface area contributed by atoms with E-state index in [9.17, 15) is 24.8 Å². The van der Waals surface area contributed by atoms with E-state index in [2.05, 4.69) is 22.4 Å². The number of amides is 1. The van der Waals surface area contributed by atoms with Gasteiger partial charge in [0.25, 0.3) is 11.5 Å². The van der Waals surface area contributed by atoms with Crippen molar-refractivity contribution in [2.45, 2.75) is 39.2 Å². The van der Waals surface area contributed by atoms with E-state index in [0.29, 0.717) is 21.7 Å². The zero-order chi connectivity index (χ0) is 23.0. The molecule has 2 atom stereocenters. The van der Waals surface area contributed by atoms with E-state index in [1.54, 1.807) is 18.3 Å². The van der Waals surface area contributed by atoms with Crippen molar-refractivity contribution in [3.8, 4) is 5.75 Å². The van der Waals surface area contributed by atoms with Gasteiger partial charge in [-0.2, -0.15) is 5.10 Å². The summed E-state index contributed by atoms with van der Waals surface area (Å²) in [5.74, 6) is -0.414. The minimum absolute atomic E-state index is 0.247. The zero-order valence-corrected chi connectivity index (χ0v) is 18.3. The molecule has 166 valence electrons. The highest BCUT2D eigenvalue weighted by atomic mass is 32.1. The number of hydrogen-bond acceptors (Lipinski definition) is 8. The van der Waals surface area contributed by atoms with Gasteiger partial charge < -0.3 is 5.11 Å². The standard InChI is InChI=1S/C21H21N5O5S/c1-11-3-5-14-17(7-11)32-20-18(14)21(29)25(10-22-20)12(2)19(28)24-23-9-13-4-6-16(27)15(8-13)26(30)31/h4,6,8-12,27H,3,5,7H2,1-2H3,(H,24,28)/b23-9+/t11-,12+/m0/s1. The zero-order valence-electron chi connectivity index (χ0n) is 17.4. The van der Waals surface area contributed by atoms with Crippen LogP contribution in [-0.4, -0.2) is 31.7 Å². The lowest BCUT2D eigenvalue weighted by atomic mass is 9.89. The summed E-state index contributed by atoms with van der Waals surface area (Å²) in [4.78, 5) is 42.2. The number of nitro groups is 1. The molecule has 2 N–H and O–H groups in total. The van der Waals surface area contributed by atoms with E-state index in [0.717, 1.165) is 30.9 Å². The third-order valence-corrected chi connectivity index (χ3v) is 6.78. The molecule has 0 bridgehead atoms. The maximum atomic E-state index is 13.1. The first kappa shape index (κ1) is 21.6.